The second-order valence-electron chi connectivity index (χ2n) is 5.53. The second kappa shape index (κ2) is 6.89. The van der Waals surface area contributed by atoms with Crippen LogP contribution < -0.4 is 0 Å². The molecular weight excluding hydrogens is 296 g/mol. The summed E-state index contributed by atoms with van der Waals surface area (Å²) in [5, 5.41) is 0. The number of likely N-dealkylation sites (tertiary alicyclic amines) is 1. The molecule has 2 aromatic heterocycles. The van der Waals surface area contributed by atoms with E-state index in [4.69, 9.17) is 9.47 Å². The normalized spacial score (nSPS) is 20.9. The first kappa shape index (κ1) is 15.6. The van der Waals surface area contributed by atoms with Gasteiger partial charge in [0.25, 0.3) is 5.91 Å². The van der Waals surface area contributed by atoms with Gasteiger partial charge in [-0.25, -0.2) is 4.98 Å². The number of ether oxygens (including phenoxy) is 2. The van der Waals surface area contributed by atoms with Crippen molar-refractivity contribution in [1.82, 2.24) is 19.4 Å². The van der Waals surface area contributed by atoms with Crippen LogP contribution in [-0.4, -0.2) is 64.9 Å². The molecule has 1 saturated heterocycles. The van der Waals surface area contributed by atoms with Gasteiger partial charge in [-0.15, -0.1) is 0 Å². The number of nitrogens with zero attached hydrogens (tertiary/aromatic N) is 4. The van der Waals surface area contributed by atoms with Crippen LogP contribution in [0, 0.1) is 0 Å². The smallest absolute Gasteiger partial charge is 0.272 e. The van der Waals surface area contributed by atoms with Gasteiger partial charge in [0.05, 0.1) is 30.8 Å². The van der Waals surface area contributed by atoms with Crippen molar-refractivity contribution in [3.8, 4) is 5.69 Å². The van der Waals surface area contributed by atoms with E-state index in [1.54, 1.807) is 43.9 Å². The Morgan fingerprint density at radius 2 is 2.26 bits per heavy atom. The zero-order chi connectivity index (χ0) is 16.2. The summed E-state index contributed by atoms with van der Waals surface area (Å²) in [6.45, 7) is 1.05. The number of amides is 1. The van der Waals surface area contributed by atoms with Crippen LogP contribution in [0.15, 0.2) is 37.1 Å². The molecule has 0 spiro atoms. The quantitative estimate of drug-likeness (QED) is 0.827. The third-order valence-electron chi connectivity index (χ3n) is 4.09. The predicted molar refractivity (Wildman–Crippen MR) is 83.5 cm³/mol. The molecule has 0 aliphatic carbocycles. The van der Waals surface area contributed by atoms with Crippen molar-refractivity contribution >= 4 is 5.91 Å². The summed E-state index contributed by atoms with van der Waals surface area (Å²) >= 11 is 0. The van der Waals surface area contributed by atoms with E-state index in [0.717, 1.165) is 12.1 Å². The highest BCUT2D eigenvalue weighted by Crippen LogP contribution is 2.22. The molecule has 0 bridgehead atoms. The molecule has 2 atom stereocenters. The van der Waals surface area contributed by atoms with E-state index in [-0.39, 0.29) is 18.1 Å². The van der Waals surface area contributed by atoms with Crippen molar-refractivity contribution < 1.29 is 14.3 Å². The minimum absolute atomic E-state index is 0.0103. The Labute approximate surface area is 134 Å². The lowest BCUT2D eigenvalue weighted by Crippen LogP contribution is -2.38. The molecule has 3 heterocycles. The highest BCUT2D eigenvalue weighted by atomic mass is 16.5. The number of hydrogen-bond acceptors (Lipinski definition) is 5. The number of rotatable bonds is 5. The van der Waals surface area contributed by atoms with Crippen molar-refractivity contribution in [3.63, 3.8) is 0 Å². The largest absolute Gasteiger partial charge is 0.383 e. The second-order valence-corrected chi connectivity index (χ2v) is 5.53. The van der Waals surface area contributed by atoms with Crippen LogP contribution in [0.25, 0.3) is 5.69 Å². The maximum Gasteiger partial charge on any atom is 0.272 e. The van der Waals surface area contributed by atoms with Crippen LogP contribution in [0.4, 0.5) is 0 Å². The molecule has 0 aromatic carbocycles. The molecule has 2 aromatic rings. The number of carbonyl (C=O) groups excluding carboxylic acids is 1. The molecular formula is C16H20N4O3. The highest BCUT2D eigenvalue weighted by molar-refractivity contribution is 5.93. The van der Waals surface area contributed by atoms with Gasteiger partial charge in [0.2, 0.25) is 0 Å². The molecule has 7 nitrogen and oxygen atoms in total. The standard InChI is InChI=1S/C16H20N4O3/c1-22-10-13-7-14(23-2)9-20(13)16(21)15-8-12(3-4-18-15)19-6-5-17-11-19/h3-6,8,11,13-14H,7,9-10H2,1-2H3/t13-,14+/m0/s1. The van der Waals surface area contributed by atoms with Crippen LogP contribution in [0.2, 0.25) is 0 Å². The van der Waals surface area contributed by atoms with E-state index in [0.29, 0.717) is 18.8 Å². The van der Waals surface area contributed by atoms with Gasteiger partial charge in [-0.3, -0.25) is 9.78 Å². The third-order valence-corrected chi connectivity index (χ3v) is 4.09. The summed E-state index contributed by atoms with van der Waals surface area (Å²) in [6, 6.07) is 3.62. The van der Waals surface area contributed by atoms with Crippen LogP contribution in [0.1, 0.15) is 16.9 Å². The zero-order valence-corrected chi connectivity index (χ0v) is 13.3. The van der Waals surface area contributed by atoms with Gasteiger partial charge < -0.3 is 18.9 Å². The lowest BCUT2D eigenvalue weighted by atomic mass is 10.2. The number of methoxy groups -OCH3 is 2. The van der Waals surface area contributed by atoms with E-state index in [9.17, 15) is 4.79 Å². The topological polar surface area (TPSA) is 69.5 Å². The Kier molecular flexibility index (Phi) is 4.68. The SMILES string of the molecule is COC[C@@H]1C[C@@H](OC)CN1C(=O)c1cc(-n2ccnc2)ccn1. The first-order valence-electron chi connectivity index (χ1n) is 7.50. The Morgan fingerprint density at radius 3 is 2.96 bits per heavy atom. The number of aromatic nitrogens is 3. The van der Waals surface area contributed by atoms with Crippen LogP contribution >= 0.6 is 0 Å². The molecule has 1 amide bonds. The lowest BCUT2D eigenvalue weighted by Gasteiger charge is -2.23. The maximum absolute atomic E-state index is 12.8. The fraction of sp³-hybridized carbons (Fsp3) is 0.438. The van der Waals surface area contributed by atoms with Crippen molar-refractivity contribution in [2.24, 2.45) is 0 Å². The van der Waals surface area contributed by atoms with Gasteiger partial charge in [-0.05, 0) is 18.6 Å². The number of carbonyl (C=O) groups is 1. The molecule has 0 unspecified atom stereocenters. The zero-order valence-electron chi connectivity index (χ0n) is 13.3. The average Bonchev–Trinajstić information content (AvgIpc) is 3.24. The predicted octanol–water partition coefficient (Wildman–Crippen LogP) is 1.14. The molecule has 23 heavy (non-hydrogen) atoms. The molecule has 0 saturated carbocycles. The van der Waals surface area contributed by atoms with E-state index >= 15 is 0 Å². The van der Waals surface area contributed by atoms with Crippen LogP contribution in [0.5, 0.6) is 0 Å². The summed E-state index contributed by atoms with van der Waals surface area (Å²) in [4.78, 5) is 22.9. The van der Waals surface area contributed by atoms with Gasteiger partial charge in [-0.2, -0.15) is 0 Å². The Bertz CT molecular complexity index is 659. The van der Waals surface area contributed by atoms with Crippen LogP contribution in [-0.2, 0) is 9.47 Å². The monoisotopic (exact) mass is 316 g/mol. The van der Waals surface area contributed by atoms with Gasteiger partial charge in [-0.1, -0.05) is 0 Å². The van der Waals surface area contributed by atoms with E-state index in [1.165, 1.54) is 0 Å². The molecule has 1 fully saturated rings. The third kappa shape index (κ3) is 3.25. The van der Waals surface area contributed by atoms with Crippen molar-refractivity contribution in [2.75, 3.05) is 27.4 Å². The van der Waals surface area contributed by atoms with Gasteiger partial charge in [0.1, 0.15) is 5.69 Å². The molecule has 3 rings (SSSR count). The Hall–Kier alpha value is -2.25. The summed E-state index contributed by atoms with van der Waals surface area (Å²) in [7, 11) is 3.31. The summed E-state index contributed by atoms with van der Waals surface area (Å²) in [6.07, 6.45) is 7.66. The lowest BCUT2D eigenvalue weighted by molar-refractivity contribution is 0.0606. The first-order valence-corrected chi connectivity index (χ1v) is 7.50. The number of pyridine rings is 1. The molecule has 0 radical (unpaired) electrons. The Balaban J connectivity index is 1.83. The van der Waals surface area contributed by atoms with Gasteiger partial charge in [0, 0.05) is 39.4 Å². The average molecular weight is 316 g/mol. The van der Waals surface area contributed by atoms with Gasteiger partial charge in [0.15, 0.2) is 0 Å². The van der Waals surface area contributed by atoms with Gasteiger partial charge >= 0.3 is 0 Å². The fourth-order valence-electron chi connectivity index (χ4n) is 2.90. The van der Waals surface area contributed by atoms with Crippen molar-refractivity contribution in [2.45, 2.75) is 18.6 Å². The number of imidazole rings is 1. The summed E-state index contributed by atoms with van der Waals surface area (Å²) in [5.74, 6) is -0.103. The van der Waals surface area contributed by atoms with E-state index < -0.39 is 0 Å². The molecule has 1 aliphatic heterocycles. The van der Waals surface area contributed by atoms with E-state index in [2.05, 4.69) is 9.97 Å². The highest BCUT2D eigenvalue weighted by Gasteiger charge is 2.36. The molecule has 7 heteroatoms. The maximum atomic E-state index is 12.8. The van der Waals surface area contributed by atoms with Crippen molar-refractivity contribution in [1.29, 1.82) is 0 Å². The fourth-order valence-corrected chi connectivity index (χ4v) is 2.90. The number of hydrogen-bond donors (Lipinski definition) is 0. The molecule has 1 aliphatic rings. The van der Waals surface area contributed by atoms with E-state index in [1.807, 2.05) is 16.8 Å². The van der Waals surface area contributed by atoms with Crippen LogP contribution in [0.3, 0.4) is 0 Å². The first-order chi connectivity index (χ1) is 11.2. The van der Waals surface area contributed by atoms with Crippen molar-refractivity contribution in [3.05, 3.63) is 42.7 Å². The minimum atomic E-state index is -0.103. The minimum Gasteiger partial charge on any atom is -0.383 e. The Morgan fingerprint density at radius 1 is 1.39 bits per heavy atom. The summed E-state index contributed by atoms with van der Waals surface area (Å²) in [5.41, 5.74) is 1.26. The summed E-state index contributed by atoms with van der Waals surface area (Å²) < 4.78 is 12.5. The molecule has 122 valence electrons. The molecule has 0 N–H and O–H groups in total.